The molecule has 0 unspecified atom stereocenters. The van der Waals surface area contributed by atoms with Crippen LogP contribution in [0.25, 0.3) is 0 Å². The number of nitrogens with one attached hydrogen (secondary N) is 1. The van der Waals surface area contributed by atoms with Crippen LogP contribution in [0.2, 0.25) is 5.02 Å². The van der Waals surface area contributed by atoms with E-state index in [4.69, 9.17) is 21.6 Å². The summed E-state index contributed by atoms with van der Waals surface area (Å²) in [5, 5.41) is 22.5. The number of nitro benzene ring substituents is 1. The predicted molar refractivity (Wildman–Crippen MR) is 97.5 cm³/mol. The Labute approximate surface area is 159 Å². The van der Waals surface area contributed by atoms with E-state index in [9.17, 15) is 19.7 Å². The Hall–Kier alpha value is -3.44. The summed E-state index contributed by atoms with van der Waals surface area (Å²) in [4.78, 5) is 34.7. The number of halogens is 1. The highest BCUT2D eigenvalue weighted by Crippen LogP contribution is 2.22. The molecule has 0 spiro atoms. The maximum absolute atomic E-state index is 12.2. The van der Waals surface area contributed by atoms with Crippen molar-refractivity contribution in [2.24, 2.45) is 0 Å². The summed E-state index contributed by atoms with van der Waals surface area (Å²) in [6.07, 6.45) is -1.16. The number of rotatable bonds is 5. The molecule has 0 aliphatic carbocycles. The largest absolute Gasteiger partial charge is 0.449 e. The van der Waals surface area contributed by atoms with E-state index in [0.29, 0.717) is 11.3 Å². The Bertz CT molecular complexity index is 968. The first-order valence-corrected chi connectivity index (χ1v) is 8.07. The first-order chi connectivity index (χ1) is 12.7. The fourth-order valence-corrected chi connectivity index (χ4v) is 2.37. The van der Waals surface area contributed by atoms with E-state index >= 15 is 0 Å². The Balaban J connectivity index is 2.07. The number of nitrogens with zero attached hydrogens (tertiary/aromatic N) is 2. The minimum atomic E-state index is -1.16. The van der Waals surface area contributed by atoms with Gasteiger partial charge in [-0.3, -0.25) is 14.9 Å². The molecule has 9 heteroatoms. The lowest BCUT2D eigenvalue weighted by atomic mass is 10.1. The molecule has 1 amide bonds. The SMILES string of the molecule is Cc1ccc(C(=O)O[C@@H](C)C(=O)Nc2ccc(C#N)c(Cl)c2)cc1[N+](=O)[O-]. The highest BCUT2D eigenvalue weighted by molar-refractivity contribution is 6.32. The van der Waals surface area contributed by atoms with Crippen molar-refractivity contribution in [1.82, 2.24) is 0 Å². The zero-order valence-electron chi connectivity index (χ0n) is 14.4. The van der Waals surface area contributed by atoms with Gasteiger partial charge in [0.15, 0.2) is 6.10 Å². The highest BCUT2D eigenvalue weighted by atomic mass is 35.5. The molecule has 0 bridgehead atoms. The summed E-state index contributed by atoms with van der Waals surface area (Å²) in [7, 11) is 0. The lowest BCUT2D eigenvalue weighted by Gasteiger charge is -2.14. The fourth-order valence-electron chi connectivity index (χ4n) is 2.14. The van der Waals surface area contributed by atoms with E-state index in [1.807, 2.05) is 6.07 Å². The minimum Gasteiger partial charge on any atom is -0.449 e. The number of amides is 1. The van der Waals surface area contributed by atoms with Crippen molar-refractivity contribution < 1.29 is 19.2 Å². The van der Waals surface area contributed by atoms with E-state index in [-0.39, 0.29) is 21.8 Å². The van der Waals surface area contributed by atoms with Gasteiger partial charge in [0.1, 0.15) is 6.07 Å². The molecule has 2 rings (SSSR count). The number of aryl methyl sites for hydroxylation is 1. The molecule has 0 aliphatic heterocycles. The fraction of sp³-hybridized carbons (Fsp3) is 0.167. The van der Waals surface area contributed by atoms with Gasteiger partial charge in [-0.1, -0.05) is 17.7 Å². The number of esters is 1. The van der Waals surface area contributed by atoms with Crippen LogP contribution in [-0.2, 0) is 9.53 Å². The number of ether oxygens (including phenoxy) is 1. The van der Waals surface area contributed by atoms with Gasteiger partial charge in [-0.15, -0.1) is 0 Å². The summed E-state index contributed by atoms with van der Waals surface area (Å²) in [6.45, 7) is 2.91. The molecule has 2 aromatic carbocycles. The van der Waals surface area contributed by atoms with E-state index in [2.05, 4.69) is 5.32 Å². The van der Waals surface area contributed by atoms with E-state index in [1.54, 1.807) is 6.92 Å². The molecule has 0 saturated heterocycles. The van der Waals surface area contributed by atoms with Gasteiger partial charge in [0, 0.05) is 17.3 Å². The van der Waals surface area contributed by atoms with Crippen LogP contribution in [0.3, 0.4) is 0 Å². The second kappa shape index (κ2) is 8.29. The first kappa shape index (κ1) is 19.9. The van der Waals surface area contributed by atoms with Gasteiger partial charge in [0.25, 0.3) is 11.6 Å². The molecule has 1 atom stereocenters. The smallest absolute Gasteiger partial charge is 0.339 e. The van der Waals surface area contributed by atoms with Crippen LogP contribution >= 0.6 is 11.6 Å². The van der Waals surface area contributed by atoms with Gasteiger partial charge in [0.05, 0.1) is 21.1 Å². The lowest BCUT2D eigenvalue weighted by molar-refractivity contribution is -0.385. The zero-order valence-corrected chi connectivity index (χ0v) is 15.1. The summed E-state index contributed by atoms with van der Waals surface area (Å²) >= 11 is 5.90. The molecule has 2 aromatic rings. The Morgan fingerprint density at radius 3 is 2.59 bits per heavy atom. The zero-order chi connectivity index (χ0) is 20.1. The van der Waals surface area contributed by atoms with Crippen LogP contribution in [0, 0.1) is 28.4 Å². The van der Waals surface area contributed by atoms with Crippen molar-refractivity contribution in [2.45, 2.75) is 20.0 Å². The Morgan fingerprint density at radius 1 is 1.30 bits per heavy atom. The molecular weight excluding hydrogens is 374 g/mol. The van der Waals surface area contributed by atoms with Crippen LogP contribution < -0.4 is 5.32 Å². The number of anilines is 1. The standard InChI is InChI=1S/C18H14ClN3O5/c1-10-3-4-12(7-16(10)22(25)26)18(24)27-11(2)17(23)21-14-6-5-13(9-20)15(19)8-14/h3-8,11H,1-2H3,(H,21,23)/t11-/m0/s1. The number of nitriles is 1. The average Bonchev–Trinajstić information content (AvgIpc) is 2.61. The molecule has 0 aromatic heterocycles. The number of hydrogen-bond acceptors (Lipinski definition) is 6. The van der Waals surface area contributed by atoms with Gasteiger partial charge in [-0.05, 0) is 38.1 Å². The van der Waals surface area contributed by atoms with Crippen LogP contribution in [0.15, 0.2) is 36.4 Å². The van der Waals surface area contributed by atoms with Crippen molar-refractivity contribution in [3.63, 3.8) is 0 Å². The first-order valence-electron chi connectivity index (χ1n) is 7.69. The molecule has 8 nitrogen and oxygen atoms in total. The van der Waals surface area contributed by atoms with Gasteiger partial charge >= 0.3 is 5.97 Å². The summed E-state index contributed by atoms with van der Waals surface area (Å²) in [5.74, 6) is -1.48. The molecule has 0 fully saturated rings. The maximum atomic E-state index is 12.2. The van der Waals surface area contributed by atoms with Crippen molar-refractivity contribution >= 4 is 34.9 Å². The number of carbonyl (C=O) groups excluding carboxylic acids is 2. The quantitative estimate of drug-likeness (QED) is 0.475. The molecule has 0 heterocycles. The third kappa shape index (κ3) is 4.80. The molecule has 138 valence electrons. The van der Waals surface area contributed by atoms with Crippen LogP contribution in [-0.4, -0.2) is 22.9 Å². The monoisotopic (exact) mass is 387 g/mol. The predicted octanol–water partition coefficient (Wildman–Crippen LogP) is 3.61. The van der Waals surface area contributed by atoms with Crippen molar-refractivity contribution in [1.29, 1.82) is 5.26 Å². The number of hydrogen-bond donors (Lipinski definition) is 1. The topological polar surface area (TPSA) is 122 Å². The van der Waals surface area contributed by atoms with Crippen molar-refractivity contribution in [3.8, 4) is 6.07 Å². The molecule has 1 N–H and O–H groups in total. The van der Waals surface area contributed by atoms with E-state index in [0.717, 1.165) is 6.07 Å². The van der Waals surface area contributed by atoms with Gasteiger partial charge in [0.2, 0.25) is 0 Å². The molecule has 0 aliphatic rings. The Morgan fingerprint density at radius 2 is 2.00 bits per heavy atom. The van der Waals surface area contributed by atoms with Crippen molar-refractivity contribution in [2.75, 3.05) is 5.32 Å². The van der Waals surface area contributed by atoms with Crippen LogP contribution in [0.1, 0.15) is 28.4 Å². The summed E-state index contributed by atoms with van der Waals surface area (Å²) in [5.41, 5.74) is 0.746. The summed E-state index contributed by atoms with van der Waals surface area (Å²) < 4.78 is 5.06. The van der Waals surface area contributed by atoms with Gasteiger partial charge in [-0.25, -0.2) is 4.79 Å². The second-order valence-electron chi connectivity index (χ2n) is 5.60. The third-order valence-electron chi connectivity index (χ3n) is 3.65. The van der Waals surface area contributed by atoms with Gasteiger partial charge in [-0.2, -0.15) is 5.26 Å². The van der Waals surface area contributed by atoms with Crippen LogP contribution in [0.5, 0.6) is 0 Å². The van der Waals surface area contributed by atoms with Gasteiger partial charge < -0.3 is 10.1 Å². The Kier molecular flexibility index (Phi) is 6.11. The normalized spacial score (nSPS) is 11.2. The maximum Gasteiger partial charge on any atom is 0.339 e. The number of nitro groups is 1. The van der Waals surface area contributed by atoms with Crippen molar-refractivity contribution in [3.05, 3.63) is 68.2 Å². The van der Waals surface area contributed by atoms with Crippen LogP contribution in [0.4, 0.5) is 11.4 Å². The molecule has 0 radical (unpaired) electrons. The van der Waals surface area contributed by atoms with E-state index in [1.165, 1.54) is 37.3 Å². The molecule has 27 heavy (non-hydrogen) atoms. The summed E-state index contributed by atoms with van der Waals surface area (Å²) in [6, 6.07) is 10.1. The molecular formula is C18H14ClN3O5. The third-order valence-corrected chi connectivity index (χ3v) is 3.96. The highest BCUT2D eigenvalue weighted by Gasteiger charge is 2.21. The minimum absolute atomic E-state index is 0.0339. The lowest BCUT2D eigenvalue weighted by Crippen LogP contribution is -2.30. The molecule has 0 saturated carbocycles. The average molecular weight is 388 g/mol. The number of benzene rings is 2. The second-order valence-corrected chi connectivity index (χ2v) is 6.01. The number of carbonyl (C=O) groups is 2. The van der Waals surface area contributed by atoms with E-state index < -0.39 is 22.9 Å².